The van der Waals surface area contributed by atoms with E-state index in [-0.39, 0.29) is 0 Å². The first-order chi connectivity index (χ1) is 9.24. The molecule has 2 rings (SSSR count). The van der Waals surface area contributed by atoms with Crippen LogP contribution in [0.2, 0.25) is 0 Å². The molecule has 0 radical (unpaired) electrons. The van der Waals surface area contributed by atoms with Crippen LogP contribution in [0, 0.1) is 5.92 Å². The SMILES string of the molecule is CCCOc1cccc(C(CN)N(C)CC2CC2)c1. The van der Waals surface area contributed by atoms with Crippen molar-refractivity contribution in [3.05, 3.63) is 29.8 Å². The zero-order valence-electron chi connectivity index (χ0n) is 12.1. The van der Waals surface area contributed by atoms with E-state index in [2.05, 4.69) is 37.1 Å². The lowest BCUT2D eigenvalue weighted by Gasteiger charge is -2.27. The maximum Gasteiger partial charge on any atom is 0.119 e. The second-order valence-electron chi connectivity index (χ2n) is 5.56. The molecule has 1 fully saturated rings. The van der Waals surface area contributed by atoms with E-state index in [1.165, 1.54) is 18.4 Å². The van der Waals surface area contributed by atoms with E-state index in [9.17, 15) is 0 Å². The molecule has 0 amide bonds. The smallest absolute Gasteiger partial charge is 0.119 e. The first-order valence-electron chi connectivity index (χ1n) is 7.37. The summed E-state index contributed by atoms with van der Waals surface area (Å²) >= 11 is 0. The van der Waals surface area contributed by atoms with Crippen LogP contribution in [0.5, 0.6) is 5.75 Å². The maximum atomic E-state index is 5.97. The van der Waals surface area contributed by atoms with Crippen LogP contribution >= 0.6 is 0 Å². The van der Waals surface area contributed by atoms with Crippen molar-refractivity contribution in [2.24, 2.45) is 11.7 Å². The monoisotopic (exact) mass is 262 g/mol. The van der Waals surface area contributed by atoms with Crippen LogP contribution in [0.4, 0.5) is 0 Å². The summed E-state index contributed by atoms with van der Waals surface area (Å²) in [6.07, 6.45) is 3.79. The van der Waals surface area contributed by atoms with Crippen molar-refractivity contribution < 1.29 is 4.74 Å². The Balaban J connectivity index is 2.03. The van der Waals surface area contributed by atoms with Crippen LogP contribution in [0.1, 0.15) is 37.8 Å². The van der Waals surface area contributed by atoms with Crippen LogP contribution < -0.4 is 10.5 Å². The summed E-state index contributed by atoms with van der Waals surface area (Å²) in [5, 5.41) is 0. The number of nitrogens with zero attached hydrogens (tertiary/aromatic N) is 1. The van der Waals surface area contributed by atoms with Gasteiger partial charge in [0.1, 0.15) is 5.75 Å². The van der Waals surface area contributed by atoms with Gasteiger partial charge in [-0.1, -0.05) is 19.1 Å². The molecule has 1 aliphatic rings. The Morgan fingerprint density at radius 3 is 2.84 bits per heavy atom. The minimum absolute atomic E-state index is 0.297. The van der Waals surface area contributed by atoms with Gasteiger partial charge in [-0.15, -0.1) is 0 Å². The zero-order valence-corrected chi connectivity index (χ0v) is 12.1. The van der Waals surface area contributed by atoms with E-state index in [4.69, 9.17) is 10.5 Å². The summed E-state index contributed by atoms with van der Waals surface area (Å²) in [5.41, 5.74) is 7.23. The van der Waals surface area contributed by atoms with Crippen molar-refractivity contribution in [2.75, 3.05) is 26.7 Å². The van der Waals surface area contributed by atoms with E-state index in [1.807, 2.05) is 6.07 Å². The Bertz CT molecular complexity index is 390. The third kappa shape index (κ3) is 4.22. The summed E-state index contributed by atoms with van der Waals surface area (Å²) in [7, 11) is 2.18. The highest BCUT2D eigenvalue weighted by atomic mass is 16.5. The third-order valence-electron chi connectivity index (χ3n) is 3.71. The van der Waals surface area contributed by atoms with Crippen molar-refractivity contribution >= 4 is 0 Å². The molecule has 106 valence electrons. The standard InChI is InChI=1S/C16H26N2O/c1-3-9-19-15-6-4-5-14(10-15)16(11-17)18(2)12-13-7-8-13/h4-6,10,13,16H,3,7-9,11-12,17H2,1-2H3. The predicted octanol–water partition coefficient (Wildman–Crippen LogP) is 2.82. The molecule has 0 heterocycles. The lowest BCUT2D eigenvalue weighted by Crippen LogP contribution is -2.32. The van der Waals surface area contributed by atoms with Crippen molar-refractivity contribution in [3.8, 4) is 5.75 Å². The number of hydrogen-bond donors (Lipinski definition) is 1. The molecule has 0 saturated heterocycles. The van der Waals surface area contributed by atoms with Crippen molar-refractivity contribution in [1.82, 2.24) is 4.90 Å². The predicted molar refractivity (Wildman–Crippen MR) is 79.4 cm³/mol. The number of nitrogens with two attached hydrogens (primary N) is 1. The third-order valence-corrected chi connectivity index (χ3v) is 3.71. The fraction of sp³-hybridized carbons (Fsp3) is 0.625. The highest BCUT2D eigenvalue weighted by Gasteiger charge is 2.26. The second kappa shape index (κ2) is 6.92. The molecule has 0 bridgehead atoms. The largest absolute Gasteiger partial charge is 0.494 e. The Morgan fingerprint density at radius 1 is 1.42 bits per heavy atom. The van der Waals surface area contributed by atoms with Gasteiger partial charge in [0.25, 0.3) is 0 Å². The molecule has 1 unspecified atom stereocenters. The summed E-state index contributed by atoms with van der Waals surface area (Å²) in [6, 6.07) is 8.67. The van der Waals surface area contributed by atoms with E-state index >= 15 is 0 Å². The van der Waals surface area contributed by atoms with Gasteiger partial charge >= 0.3 is 0 Å². The van der Waals surface area contributed by atoms with Crippen LogP contribution in [-0.4, -0.2) is 31.6 Å². The minimum atomic E-state index is 0.297. The van der Waals surface area contributed by atoms with Crippen molar-refractivity contribution in [1.29, 1.82) is 0 Å². The van der Waals surface area contributed by atoms with Crippen LogP contribution in [0.25, 0.3) is 0 Å². The molecular weight excluding hydrogens is 236 g/mol. The minimum Gasteiger partial charge on any atom is -0.494 e. The maximum absolute atomic E-state index is 5.97. The molecule has 2 N–H and O–H groups in total. The molecule has 1 atom stereocenters. The van der Waals surface area contributed by atoms with Gasteiger partial charge in [-0.3, -0.25) is 4.90 Å². The Labute approximate surface area is 116 Å². The average Bonchev–Trinajstić information content (AvgIpc) is 3.21. The second-order valence-corrected chi connectivity index (χ2v) is 5.56. The lowest BCUT2D eigenvalue weighted by molar-refractivity contribution is 0.239. The van der Waals surface area contributed by atoms with Gasteiger partial charge < -0.3 is 10.5 Å². The van der Waals surface area contributed by atoms with E-state index in [1.54, 1.807) is 0 Å². The fourth-order valence-electron chi connectivity index (χ4n) is 2.44. The van der Waals surface area contributed by atoms with E-state index in [0.29, 0.717) is 12.6 Å². The molecule has 1 aromatic rings. The Kier molecular flexibility index (Phi) is 5.23. The number of hydrogen-bond acceptors (Lipinski definition) is 3. The first kappa shape index (κ1) is 14.4. The summed E-state index contributed by atoms with van der Waals surface area (Å²) in [4.78, 5) is 2.39. The molecule has 0 spiro atoms. The quantitative estimate of drug-likeness (QED) is 0.783. The van der Waals surface area contributed by atoms with Gasteiger partial charge in [-0.25, -0.2) is 0 Å². The van der Waals surface area contributed by atoms with Gasteiger partial charge in [0.05, 0.1) is 6.61 Å². The van der Waals surface area contributed by atoms with Crippen LogP contribution in [0.3, 0.4) is 0 Å². The molecule has 1 aromatic carbocycles. The van der Waals surface area contributed by atoms with Crippen molar-refractivity contribution in [2.45, 2.75) is 32.2 Å². The first-order valence-corrected chi connectivity index (χ1v) is 7.37. The molecule has 1 aliphatic carbocycles. The topological polar surface area (TPSA) is 38.5 Å². The zero-order chi connectivity index (χ0) is 13.7. The van der Waals surface area contributed by atoms with E-state index < -0.39 is 0 Å². The molecule has 3 nitrogen and oxygen atoms in total. The number of ether oxygens (including phenoxy) is 1. The average molecular weight is 262 g/mol. The number of benzene rings is 1. The summed E-state index contributed by atoms with van der Waals surface area (Å²) < 4.78 is 5.70. The van der Waals surface area contributed by atoms with Crippen LogP contribution in [-0.2, 0) is 0 Å². The summed E-state index contributed by atoms with van der Waals surface area (Å²) in [6.45, 7) is 4.70. The molecular formula is C16H26N2O. The fourth-order valence-corrected chi connectivity index (χ4v) is 2.44. The van der Waals surface area contributed by atoms with Crippen LogP contribution in [0.15, 0.2) is 24.3 Å². The lowest BCUT2D eigenvalue weighted by atomic mass is 10.1. The highest BCUT2D eigenvalue weighted by Crippen LogP contribution is 2.32. The number of rotatable bonds is 8. The molecule has 3 heteroatoms. The van der Waals surface area contributed by atoms with Gasteiger partial charge in [-0.05, 0) is 49.9 Å². The summed E-state index contributed by atoms with van der Waals surface area (Å²) in [5.74, 6) is 1.84. The van der Waals surface area contributed by atoms with Gasteiger partial charge in [-0.2, -0.15) is 0 Å². The highest BCUT2D eigenvalue weighted by molar-refractivity contribution is 5.31. The normalized spacial score (nSPS) is 16.6. The van der Waals surface area contributed by atoms with Gasteiger partial charge in [0.15, 0.2) is 0 Å². The number of likely N-dealkylation sites (N-methyl/N-ethyl adjacent to an activating group) is 1. The molecule has 1 saturated carbocycles. The Hall–Kier alpha value is -1.06. The molecule has 0 aliphatic heterocycles. The molecule has 19 heavy (non-hydrogen) atoms. The van der Waals surface area contributed by atoms with Gasteiger partial charge in [0, 0.05) is 19.1 Å². The van der Waals surface area contributed by atoms with E-state index in [0.717, 1.165) is 31.2 Å². The van der Waals surface area contributed by atoms with Crippen molar-refractivity contribution in [3.63, 3.8) is 0 Å². The Morgan fingerprint density at radius 2 is 2.21 bits per heavy atom. The van der Waals surface area contributed by atoms with Gasteiger partial charge in [0.2, 0.25) is 0 Å². The molecule has 0 aromatic heterocycles.